The Morgan fingerprint density at radius 1 is 0.565 bits per heavy atom. The number of carboxylic acid groups (broad SMARTS) is 3. The first kappa shape index (κ1) is 71.8. The number of aromatic nitrogens is 2. The van der Waals surface area contributed by atoms with Crippen LogP contribution in [0, 0.1) is 11.8 Å². The number of benzene rings is 1. The summed E-state index contributed by atoms with van der Waals surface area (Å²) in [6, 6.07) is -5.62. The molecule has 0 spiro atoms. The summed E-state index contributed by atoms with van der Waals surface area (Å²) in [6.45, 7) is 7.53. The summed E-state index contributed by atoms with van der Waals surface area (Å²) >= 11 is 0. The first-order chi connectivity index (χ1) is 39.9. The normalized spacial score (nSPS) is 14.5. The Balaban J connectivity index is 2.26. The van der Waals surface area contributed by atoms with Gasteiger partial charge in [-0.3, -0.25) is 67.3 Å². The number of nitrogens with zero attached hydrogens (tertiary/aromatic N) is 2. The van der Waals surface area contributed by atoms with E-state index in [9.17, 15) is 82.8 Å². The van der Waals surface area contributed by atoms with Crippen molar-refractivity contribution in [2.24, 2.45) is 34.0 Å². The lowest BCUT2D eigenvalue weighted by Crippen LogP contribution is -2.60. The molecular weight excluding hydrogens is 1120 g/mol. The van der Waals surface area contributed by atoms with Crippen molar-refractivity contribution in [1.29, 1.82) is 0 Å². The Labute approximate surface area is 488 Å². The molecule has 10 atom stereocenters. The smallest absolute Gasteiger partial charge is 0.325 e. The summed E-state index contributed by atoms with van der Waals surface area (Å²) < 4.78 is 0. The fourth-order valence-corrected chi connectivity index (χ4v) is 7.90. The number of carbonyl (C=O) groups excluding carboxylic acids is 10. The number of carboxylic acids is 3. The molecule has 0 aliphatic carbocycles. The van der Waals surface area contributed by atoms with Gasteiger partial charge in [0.25, 0.3) is 0 Å². The van der Waals surface area contributed by atoms with E-state index in [1.807, 2.05) is 0 Å². The predicted octanol–water partition coefficient (Wildman–Crippen LogP) is -5.79. The third kappa shape index (κ3) is 28.0. The van der Waals surface area contributed by atoms with Crippen LogP contribution in [0.25, 0.3) is 0 Å². The van der Waals surface area contributed by atoms with E-state index in [2.05, 4.69) is 68.1 Å². The largest absolute Gasteiger partial charge is 0.481 e. The zero-order valence-electron chi connectivity index (χ0n) is 48.0. The molecule has 0 aliphatic heterocycles. The van der Waals surface area contributed by atoms with Crippen molar-refractivity contribution in [3.05, 3.63) is 54.1 Å². The maximum Gasteiger partial charge on any atom is 0.325 e. The van der Waals surface area contributed by atoms with Crippen molar-refractivity contribution in [3.63, 3.8) is 0 Å². The van der Waals surface area contributed by atoms with Crippen molar-refractivity contribution in [3.8, 4) is 0 Å². The number of nitrogens with two attached hydrogens (primary N) is 3. The number of aromatic amines is 1. The van der Waals surface area contributed by atoms with E-state index in [0.29, 0.717) is 17.7 Å². The highest BCUT2D eigenvalue weighted by molar-refractivity contribution is 5.99. The molecule has 0 saturated heterocycles. The average Bonchev–Trinajstić information content (AvgIpc) is 4.11. The standard InChI is InChI=1S/C52H80N16O17/c1-25(2)15-32(47(80)66-37(20-41(74)75)49(82)64-33(16-26(3)4)46(79)61-27(5)51(84)85)62-38(70)22-59-45(78)36(19-40(72)73)65-48(81)34(17-29-11-8-7-9-12-29)63-39(71)23-58-44(77)35(18-30-21-56-24-60-30)67-50(83)42(28(6)69)68-43(76)31(53)13-10-14-57-52(54)55/h7-9,11-12,21,24-28,31-37,42,69H,10,13-20,22-23,53H2,1-6H3,(H,56,60)(H,58,77)(H,59,78)(H,61,79)(H,62,70)(H,63,71)(H,64,82)(H,65,81)(H,66,80)(H,67,83)(H,68,76)(H,72,73)(H,74,75)(H,84,85)(H4,54,55,57)/t27-,28+,31-,32-,33-,34-,35-,36-,37-,42-/m0/s1. The molecule has 21 N–H and O–H groups in total. The number of nitrogens with one attached hydrogen (secondary N) is 11. The average molecular weight is 1200 g/mol. The van der Waals surface area contributed by atoms with Crippen LogP contribution in [0.15, 0.2) is 47.8 Å². The number of aliphatic hydroxyl groups is 1. The van der Waals surface area contributed by atoms with E-state index in [1.54, 1.807) is 58.0 Å². The van der Waals surface area contributed by atoms with Crippen LogP contribution in [0.4, 0.5) is 0 Å². The van der Waals surface area contributed by atoms with Crippen LogP contribution in [0.3, 0.4) is 0 Å². The fraction of sp³-hybridized carbons (Fsp3) is 0.558. The summed E-state index contributed by atoms with van der Waals surface area (Å²) in [6.07, 6.45) is -1.13. The maximum atomic E-state index is 14.0. The maximum absolute atomic E-state index is 14.0. The summed E-state index contributed by atoms with van der Waals surface area (Å²) in [5.41, 5.74) is 17.4. The molecule has 85 heavy (non-hydrogen) atoms. The topological polar surface area (TPSA) is 542 Å². The van der Waals surface area contributed by atoms with Crippen molar-refractivity contribution >= 4 is 82.9 Å². The van der Waals surface area contributed by atoms with Crippen molar-refractivity contribution in [2.75, 3.05) is 19.6 Å². The third-order valence-corrected chi connectivity index (χ3v) is 12.2. The molecule has 0 unspecified atom stereocenters. The van der Waals surface area contributed by atoms with Gasteiger partial charge in [-0.15, -0.1) is 0 Å². The van der Waals surface area contributed by atoms with Gasteiger partial charge in [0, 0.05) is 31.3 Å². The minimum absolute atomic E-state index is 0.0113. The Morgan fingerprint density at radius 2 is 1.02 bits per heavy atom. The molecule has 1 aromatic heterocycles. The van der Waals surface area contributed by atoms with Gasteiger partial charge in [0.05, 0.1) is 44.4 Å². The highest BCUT2D eigenvalue weighted by Gasteiger charge is 2.35. The fourth-order valence-electron chi connectivity index (χ4n) is 7.90. The molecule has 10 amide bonds. The molecule has 2 rings (SSSR count). The minimum Gasteiger partial charge on any atom is -0.481 e. The van der Waals surface area contributed by atoms with Crippen LogP contribution < -0.4 is 70.4 Å². The van der Waals surface area contributed by atoms with Crippen molar-refractivity contribution < 1.29 is 82.8 Å². The molecule has 0 radical (unpaired) electrons. The van der Waals surface area contributed by atoms with Gasteiger partial charge in [0.2, 0.25) is 59.1 Å². The summed E-state index contributed by atoms with van der Waals surface area (Å²) in [7, 11) is 0. The molecule has 1 heterocycles. The number of rotatable bonds is 38. The van der Waals surface area contributed by atoms with Gasteiger partial charge in [-0.1, -0.05) is 58.0 Å². The zero-order chi connectivity index (χ0) is 64.1. The lowest BCUT2D eigenvalue weighted by molar-refractivity contribution is -0.143. The Morgan fingerprint density at radius 3 is 1.52 bits per heavy atom. The summed E-state index contributed by atoms with van der Waals surface area (Å²) in [5.74, 6) is -15.4. The Kier molecular flexibility index (Phi) is 30.7. The Bertz CT molecular complexity index is 2650. The quantitative estimate of drug-likeness (QED) is 0.0169. The second kappa shape index (κ2) is 36.3. The van der Waals surface area contributed by atoms with Gasteiger partial charge >= 0.3 is 17.9 Å². The molecular formula is C52H80N16O17. The summed E-state index contributed by atoms with van der Waals surface area (Å²) in [5, 5.41) is 62.4. The number of hydrogen-bond acceptors (Lipinski definition) is 17. The molecule has 0 saturated carbocycles. The van der Waals surface area contributed by atoms with E-state index >= 15 is 0 Å². The minimum atomic E-state index is -1.90. The van der Waals surface area contributed by atoms with Crippen LogP contribution in [-0.4, -0.2) is 193 Å². The molecule has 0 bridgehead atoms. The monoisotopic (exact) mass is 1200 g/mol. The van der Waals surface area contributed by atoms with Crippen LogP contribution in [0.2, 0.25) is 0 Å². The van der Waals surface area contributed by atoms with E-state index < -0.39 is 163 Å². The number of carbonyl (C=O) groups is 13. The molecule has 1 aromatic carbocycles. The van der Waals surface area contributed by atoms with E-state index in [1.165, 1.54) is 26.4 Å². The molecule has 33 nitrogen and oxygen atoms in total. The van der Waals surface area contributed by atoms with E-state index in [4.69, 9.17) is 17.2 Å². The number of imidazole rings is 1. The first-order valence-corrected chi connectivity index (χ1v) is 27.0. The van der Waals surface area contributed by atoms with Crippen LogP contribution in [0.1, 0.15) is 91.3 Å². The van der Waals surface area contributed by atoms with Gasteiger partial charge < -0.3 is 95.8 Å². The second-order valence-corrected chi connectivity index (χ2v) is 20.7. The van der Waals surface area contributed by atoms with Gasteiger partial charge in [-0.25, -0.2) is 4.98 Å². The third-order valence-electron chi connectivity index (χ3n) is 12.2. The number of hydrogen-bond donors (Lipinski definition) is 18. The molecule has 470 valence electrons. The molecule has 0 aliphatic rings. The SMILES string of the molecule is CC(C)C[C@H](NC(=O)CNC(=O)[C@H](CC(=O)O)NC(=O)[C@H](Cc1ccccc1)NC(=O)CNC(=O)[C@H](Cc1cnc[nH]1)NC(=O)[C@@H](NC(=O)[C@@H](N)CCCN=C(N)N)[C@@H](C)O)C(=O)N[C@@H](CC(=O)O)C(=O)N[C@@H](CC(C)C)C(=O)N[C@@H](C)C(=O)O. The Hall–Kier alpha value is -9.27. The van der Waals surface area contributed by atoms with Crippen molar-refractivity contribution in [2.45, 2.75) is 153 Å². The van der Waals surface area contributed by atoms with Gasteiger partial charge in [0.15, 0.2) is 5.96 Å². The van der Waals surface area contributed by atoms with Gasteiger partial charge in [-0.2, -0.15) is 0 Å². The molecule has 0 fully saturated rings. The van der Waals surface area contributed by atoms with Crippen LogP contribution in [-0.2, 0) is 75.2 Å². The number of H-pyrrole nitrogens is 1. The number of amides is 10. The zero-order valence-corrected chi connectivity index (χ0v) is 48.0. The van der Waals surface area contributed by atoms with Crippen molar-refractivity contribution in [1.82, 2.24) is 63.1 Å². The van der Waals surface area contributed by atoms with E-state index in [0.717, 1.165) is 0 Å². The first-order valence-electron chi connectivity index (χ1n) is 27.0. The van der Waals surface area contributed by atoms with Crippen LogP contribution in [0.5, 0.6) is 0 Å². The predicted molar refractivity (Wildman–Crippen MR) is 300 cm³/mol. The number of aliphatic carboxylic acids is 3. The van der Waals surface area contributed by atoms with Gasteiger partial charge in [-0.05, 0) is 56.9 Å². The second-order valence-electron chi connectivity index (χ2n) is 20.7. The highest BCUT2D eigenvalue weighted by atomic mass is 16.4. The highest BCUT2D eigenvalue weighted by Crippen LogP contribution is 2.11. The lowest BCUT2D eigenvalue weighted by atomic mass is 10.0. The molecule has 2 aromatic rings. The molecule has 33 heteroatoms. The number of aliphatic imine (C=N–C) groups is 1. The number of guanidine groups is 1. The van der Waals surface area contributed by atoms with Crippen LogP contribution >= 0.6 is 0 Å². The lowest BCUT2D eigenvalue weighted by Gasteiger charge is -2.26. The van der Waals surface area contributed by atoms with E-state index in [-0.39, 0.29) is 56.4 Å². The van der Waals surface area contributed by atoms with Gasteiger partial charge in [0.1, 0.15) is 48.3 Å². The number of aliphatic hydroxyl groups excluding tert-OH is 1. The summed E-state index contributed by atoms with van der Waals surface area (Å²) in [4.78, 5) is 180.